The molecule has 148 valence electrons. The molecule has 1 heterocycles. The number of nitrogens with zero attached hydrogens (tertiary/aromatic N) is 1. The van der Waals surface area contributed by atoms with Gasteiger partial charge in [-0.1, -0.05) is 26.0 Å². The van der Waals surface area contributed by atoms with Gasteiger partial charge in [-0.2, -0.15) is 0 Å². The maximum absolute atomic E-state index is 12.7. The first-order valence-electron chi connectivity index (χ1n) is 9.97. The third-order valence-electron chi connectivity index (χ3n) is 4.88. The minimum atomic E-state index is -0.240. The van der Waals surface area contributed by atoms with E-state index < -0.39 is 0 Å². The van der Waals surface area contributed by atoms with Crippen LogP contribution in [0.1, 0.15) is 53.8 Å². The van der Waals surface area contributed by atoms with Gasteiger partial charge in [0.1, 0.15) is 5.75 Å². The van der Waals surface area contributed by atoms with E-state index in [9.17, 15) is 9.59 Å². The number of rotatable bonds is 7. The molecule has 0 saturated carbocycles. The van der Waals surface area contributed by atoms with Gasteiger partial charge in [-0.15, -0.1) is 0 Å². The van der Waals surface area contributed by atoms with E-state index in [1.165, 1.54) is 0 Å². The number of likely N-dealkylation sites (tertiary alicyclic amines) is 1. The van der Waals surface area contributed by atoms with Gasteiger partial charge in [0.15, 0.2) is 0 Å². The summed E-state index contributed by atoms with van der Waals surface area (Å²) in [4.78, 5) is 27.2. The van der Waals surface area contributed by atoms with E-state index in [0.29, 0.717) is 29.3 Å². The molecule has 1 aliphatic heterocycles. The molecule has 0 unspecified atom stereocenters. The number of nitrogens with one attached hydrogen (secondary N) is 1. The Morgan fingerprint density at radius 2 is 1.71 bits per heavy atom. The first kappa shape index (κ1) is 19.9. The van der Waals surface area contributed by atoms with Gasteiger partial charge in [-0.05, 0) is 61.6 Å². The Bertz CT molecular complexity index is 809. The summed E-state index contributed by atoms with van der Waals surface area (Å²) in [6.07, 6.45) is 3.06. The van der Waals surface area contributed by atoms with Crippen molar-refractivity contribution >= 4 is 17.5 Å². The summed E-state index contributed by atoms with van der Waals surface area (Å²) in [7, 11) is 0. The lowest BCUT2D eigenvalue weighted by Crippen LogP contribution is -2.28. The van der Waals surface area contributed by atoms with Gasteiger partial charge in [0.2, 0.25) is 0 Å². The highest BCUT2D eigenvalue weighted by molar-refractivity contribution is 6.09. The van der Waals surface area contributed by atoms with Crippen LogP contribution >= 0.6 is 0 Å². The number of ether oxygens (including phenoxy) is 1. The lowest BCUT2D eigenvalue weighted by atomic mass is 10.1. The van der Waals surface area contributed by atoms with E-state index in [1.807, 2.05) is 17.0 Å². The van der Waals surface area contributed by atoms with Crippen molar-refractivity contribution in [1.29, 1.82) is 0 Å². The number of hydrogen-bond donors (Lipinski definition) is 1. The van der Waals surface area contributed by atoms with Gasteiger partial charge in [0, 0.05) is 18.7 Å². The van der Waals surface area contributed by atoms with Crippen molar-refractivity contribution in [1.82, 2.24) is 4.90 Å². The van der Waals surface area contributed by atoms with Crippen molar-refractivity contribution in [3.63, 3.8) is 0 Å². The summed E-state index contributed by atoms with van der Waals surface area (Å²) < 4.78 is 5.70. The highest BCUT2D eigenvalue weighted by atomic mass is 16.5. The lowest BCUT2D eigenvalue weighted by molar-refractivity contribution is 0.0794. The smallest absolute Gasteiger partial charge is 0.255 e. The fourth-order valence-electron chi connectivity index (χ4n) is 3.18. The number of benzene rings is 2. The van der Waals surface area contributed by atoms with E-state index in [-0.39, 0.29) is 11.8 Å². The number of anilines is 1. The average molecular weight is 380 g/mol. The molecule has 2 amide bonds. The number of carbonyl (C=O) groups excluding carboxylic acids is 2. The summed E-state index contributed by atoms with van der Waals surface area (Å²) in [5, 5.41) is 2.88. The molecule has 0 aromatic heterocycles. The average Bonchev–Trinajstić information content (AvgIpc) is 3.23. The van der Waals surface area contributed by atoms with Crippen LogP contribution in [0.3, 0.4) is 0 Å². The predicted octanol–water partition coefficient (Wildman–Crippen LogP) is 4.60. The number of carbonyl (C=O) groups is 2. The molecule has 5 heteroatoms. The van der Waals surface area contributed by atoms with Crippen LogP contribution in [0.4, 0.5) is 5.69 Å². The standard InChI is InChI=1S/C23H28N2O3/c1-17(2)13-16-28-19-11-9-18(10-12-19)22(26)24-21-8-4-3-7-20(21)23(27)25-14-5-6-15-25/h3-4,7-12,17H,5-6,13-16H2,1-2H3,(H,24,26). The van der Waals surface area contributed by atoms with Gasteiger partial charge < -0.3 is 15.0 Å². The summed E-state index contributed by atoms with van der Waals surface area (Å²) in [5.41, 5.74) is 1.60. The molecule has 3 rings (SSSR count). The fourth-order valence-corrected chi connectivity index (χ4v) is 3.18. The molecule has 0 aliphatic carbocycles. The molecular formula is C23H28N2O3. The minimum absolute atomic E-state index is 0.0256. The lowest BCUT2D eigenvalue weighted by Gasteiger charge is -2.18. The number of hydrogen-bond acceptors (Lipinski definition) is 3. The Labute approximate surface area is 166 Å². The van der Waals surface area contributed by atoms with Crippen LogP contribution in [-0.4, -0.2) is 36.4 Å². The maximum Gasteiger partial charge on any atom is 0.255 e. The van der Waals surface area contributed by atoms with Crippen LogP contribution in [0.2, 0.25) is 0 Å². The monoisotopic (exact) mass is 380 g/mol. The van der Waals surface area contributed by atoms with E-state index in [0.717, 1.165) is 38.1 Å². The summed E-state index contributed by atoms with van der Waals surface area (Å²) in [6, 6.07) is 14.3. The van der Waals surface area contributed by atoms with E-state index in [2.05, 4.69) is 19.2 Å². The number of amides is 2. The molecule has 28 heavy (non-hydrogen) atoms. The van der Waals surface area contributed by atoms with E-state index in [1.54, 1.807) is 36.4 Å². The van der Waals surface area contributed by atoms with Gasteiger partial charge >= 0.3 is 0 Å². The third kappa shape index (κ3) is 5.12. The normalized spacial score (nSPS) is 13.6. The molecular weight excluding hydrogens is 352 g/mol. The van der Waals surface area contributed by atoms with Crippen molar-refractivity contribution in [2.75, 3.05) is 25.0 Å². The van der Waals surface area contributed by atoms with Crippen molar-refractivity contribution in [3.8, 4) is 5.75 Å². The fraction of sp³-hybridized carbons (Fsp3) is 0.391. The second-order valence-electron chi connectivity index (χ2n) is 7.55. The summed E-state index contributed by atoms with van der Waals surface area (Å²) in [6.45, 7) is 6.53. The molecule has 2 aromatic rings. The molecule has 0 atom stereocenters. The van der Waals surface area contributed by atoms with Crippen LogP contribution in [0, 0.1) is 5.92 Å². The highest BCUT2D eigenvalue weighted by Gasteiger charge is 2.22. The van der Waals surface area contributed by atoms with Crippen molar-refractivity contribution in [3.05, 3.63) is 59.7 Å². The first-order valence-corrected chi connectivity index (χ1v) is 9.97. The van der Waals surface area contributed by atoms with Gasteiger partial charge in [0.25, 0.3) is 11.8 Å². The minimum Gasteiger partial charge on any atom is -0.494 e. The summed E-state index contributed by atoms with van der Waals surface area (Å²) in [5.74, 6) is 1.08. The molecule has 0 spiro atoms. The first-order chi connectivity index (χ1) is 13.5. The second kappa shape index (κ2) is 9.40. The van der Waals surface area contributed by atoms with E-state index in [4.69, 9.17) is 4.74 Å². The number of para-hydroxylation sites is 1. The zero-order valence-electron chi connectivity index (χ0n) is 16.6. The Morgan fingerprint density at radius 3 is 2.39 bits per heavy atom. The van der Waals surface area contributed by atoms with Crippen LogP contribution in [-0.2, 0) is 0 Å². The second-order valence-corrected chi connectivity index (χ2v) is 7.55. The molecule has 1 N–H and O–H groups in total. The van der Waals surface area contributed by atoms with Crippen molar-refractivity contribution in [2.24, 2.45) is 5.92 Å². The van der Waals surface area contributed by atoms with Gasteiger partial charge in [0.05, 0.1) is 17.9 Å². The van der Waals surface area contributed by atoms with Crippen LogP contribution in [0.25, 0.3) is 0 Å². The highest BCUT2D eigenvalue weighted by Crippen LogP contribution is 2.21. The van der Waals surface area contributed by atoms with Crippen LogP contribution < -0.4 is 10.1 Å². The quantitative estimate of drug-likeness (QED) is 0.764. The molecule has 5 nitrogen and oxygen atoms in total. The van der Waals surface area contributed by atoms with Gasteiger partial charge in [-0.25, -0.2) is 0 Å². The van der Waals surface area contributed by atoms with Crippen molar-refractivity contribution < 1.29 is 14.3 Å². The molecule has 0 bridgehead atoms. The Balaban J connectivity index is 1.65. The van der Waals surface area contributed by atoms with Crippen LogP contribution in [0.15, 0.2) is 48.5 Å². The van der Waals surface area contributed by atoms with Crippen molar-refractivity contribution in [2.45, 2.75) is 33.1 Å². The zero-order valence-corrected chi connectivity index (χ0v) is 16.6. The maximum atomic E-state index is 12.7. The van der Waals surface area contributed by atoms with Crippen LogP contribution in [0.5, 0.6) is 5.75 Å². The molecule has 0 radical (unpaired) electrons. The topological polar surface area (TPSA) is 58.6 Å². The molecule has 1 fully saturated rings. The van der Waals surface area contributed by atoms with E-state index >= 15 is 0 Å². The Kier molecular flexibility index (Phi) is 6.69. The largest absolute Gasteiger partial charge is 0.494 e. The Hall–Kier alpha value is -2.82. The SMILES string of the molecule is CC(C)CCOc1ccc(C(=O)Nc2ccccc2C(=O)N2CCCC2)cc1. The molecule has 2 aromatic carbocycles. The molecule has 1 saturated heterocycles. The molecule has 1 aliphatic rings. The zero-order chi connectivity index (χ0) is 19.9. The predicted molar refractivity (Wildman–Crippen MR) is 111 cm³/mol. The third-order valence-corrected chi connectivity index (χ3v) is 4.88. The Morgan fingerprint density at radius 1 is 1.04 bits per heavy atom. The van der Waals surface area contributed by atoms with Gasteiger partial charge in [-0.3, -0.25) is 9.59 Å². The summed E-state index contributed by atoms with van der Waals surface area (Å²) >= 11 is 0.